The molecule has 0 aromatic heterocycles. The standard InChI is InChI=1S/C4H6O7S.2Na.H4O3Si/c5-3(6)1-2(4(7)8)12(9,10)11;;;1-3-4-2/h2H,1H2,(H,5,6)(H,7,8)(H,9,10,11);;;1-2H,4H2/q;2*+1;/p-2. The minimum atomic E-state index is -4.94. The molecule has 0 radical (unpaired) electrons. The van der Waals surface area contributed by atoms with Crippen LogP contribution in [0.2, 0.25) is 0 Å². The molecule has 0 amide bonds. The van der Waals surface area contributed by atoms with Gasteiger partial charge in [-0.3, -0.25) is 14.4 Å². The fourth-order valence-corrected chi connectivity index (χ4v) is 1.05. The zero-order chi connectivity index (χ0) is 13.4. The van der Waals surface area contributed by atoms with Crippen molar-refractivity contribution in [1.29, 1.82) is 0 Å². The fraction of sp³-hybridized carbons (Fsp3) is 0.500. The summed E-state index contributed by atoms with van der Waals surface area (Å²) in [5, 5.41) is 24.4. The zero-order valence-corrected chi connectivity index (χ0v) is 15.8. The van der Waals surface area contributed by atoms with Crippen LogP contribution in [0.3, 0.4) is 0 Å². The molecule has 14 heteroatoms. The summed E-state index contributed by atoms with van der Waals surface area (Å²) in [5.41, 5.74) is 0. The van der Waals surface area contributed by atoms with Gasteiger partial charge in [0.2, 0.25) is 0 Å². The van der Waals surface area contributed by atoms with Crippen molar-refractivity contribution in [3.63, 3.8) is 0 Å². The molecule has 0 aliphatic carbocycles. The molecule has 0 aromatic carbocycles. The van der Waals surface area contributed by atoms with E-state index < -0.39 is 43.7 Å². The number of aliphatic carboxylic acids is 2. The van der Waals surface area contributed by atoms with E-state index in [0.717, 1.165) is 0 Å². The Morgan fingerprint density at radius 2 is 1.61 bits per heavy atom. The van der Waals surface area contributed by atoms with E-state index in [-0.39, 0.29) is 59.1 Å². The smallest absolute Gasteiger partial charge is 0.550 e. The van der Waals surface area contributed by atoms with E-state index in [1.165, 1.54) is 0 Å². The Balaban J connectivity index is -0.000000143. The van der Waals surface area contributed by atoms with E-state index >= 15 is 0 Å². The van der Waals surface area contributed by atoms with Crippen molar-refractivity contribution in [3.05, 3.63) is 0 Å². The minimum absolute atomic E-state index is 0. The summed E-state index contributed by atoms with van der Waals surface area (Å²) in [4.78, 5) is 27.3. The van der Waals surface area contributed by atoms with Crippen molar-refractivity contribution in [1.82, 2.24) is 0 Å². The predicted octanol–water partition coefficient (Wildman–Crippen LogP) is -11.4. The summed E-state index contributed by atoms with van der Waals surface area (Å²) < 4.78 is 31.7. The van der Waals surface area contributed by atoms with Crippen LogP contribution < -0.4 is 69.3 Å². The molecule has 0 rings (SSSR count). The van der Waals surface area contributed by atoms with E-state index in [0.29, 0.717) is 0 Å². The number of hydrogen-bond donors (Lipinski definition) is 3. The molecule has 96 valence electrons. The second-order valence-electron chi connectivity index (χ2n) is 2.16. The summed E-state index contributed by atoms with van der Waals surface area (Å²) in [7, 11) is -6.46. The Hall–Kier alpha value is 0.947. The van der Waals surface area contributed by atoms with Crippen molar-refractivity contribution in [3.8, 4) is 0 Å². The van der Waals surface area contributed by atoms with E-state index in [4.69, 9.17) is 14.6 Å². The van der Waals surface area contributed by atoms with Gasteiger partial charge in [-0.05, 0) is 0 Å². The van der Waals surface area contributed by atoms with Gasteiger partial charge < -0.3 is 24.6 Å². The molecule has 0 aliphatic heterocycles. The molecule has 3 N–H and O–H groups in total. The second kappa shape index (κ2) is 14.4. The van der Waals surface area contributed by atoms with Crippen LogP contribution in [0.5, 0.6) is 0 Å². The van der Waals surface area contributed by atoms with Gasteiger partial charge in [0.15, 0.2) is 0 Å². The molecule has 1 unspecified atom stereocenters. The van der Waals surface area contributed by atoms with E-state index in [1.54, 1.807) is 0 Å². The fourth-order valence-electron chi connectivity index (χ4n) is 0.462. The predicted molar refractivity (Wildman–Crippen MR) is 44.4 cm³/mol. The molecular formula is C4H8Na2O10SSi. The van der Waals surface area contributed by atoms with Crippen LogP contribution in [0.1, 0.15) is 6.42 Å². The van der Waals surface area contributed by atoms with Crippen LogP contribution in [-0.4, -0.2) is 50.2 Å². The maximum absolute atomic E-state index is 10.2. The molecule has 0 spiro atoms. The normalized spacial score (nSPS) is 11.5. The van der Waals surface area contributed by atoms with Gasteiger partial charge in [-0.2, -0.15) is 8.42 Å². The minimum Gasteiger partial charge on any atom is -0.550 e. The first-order chi connectivity index (χ1) is 7.16. The molecule has 1 atom stereocenters. The van der Waals surface area contributed by atoms with Crippen LogP contribution in [0.15, 0.2) is 0 Å². The number of rotatable bonds is 5. The summed E-state index contributed by atoms with van der Waals surface area (Å²) in [6.07, 6.45) is -1.33. The largest absolute Gasteiger partial charge is 1.00 e. The third-order valence-electron chi connectivity index (χ3n) is 1.03. The monoisotopic (exact) mass is 322 g/mol. The number of carbonyl (C=O) groups excluding carboxylic acids is 2. The molecule has 0 aromatic rings. The first-order valence-electron chi connectivity index (χ1n) is 3.41. The van der Waals surface area contributed by atoms with Crippen LogP contribution in [0, 0.1) is 0 Å². The van der Waals surface area contributed by atoms with Crippen LogP contribution in [0.25, 0.3) is 0 Å². The second-order valence-corrected chi connectivity index (χ2v) is 4.27. The Bertz CT molecular complexity index is 329. The maximum Gasteiger partial charge on any atom is 1.00 e. The molecule has 18 heavy (non-hydrogen) atoms. The Kier molecular flexibility index (Phi) is 21.8. The molecule has 0 saturated heterocycles. The third-order valence-corrected chi connectivity index (χ3v) is 2.23. The van der Waals surface area contributed by atoms with Gasteiger partial charge in [-0.25, -0.2) is 0 Å². The number of carbonyl (C=O) groups is 2. The van der Waals surface area contributed by atoms with Crippen LogP contribution in [-0.2, 0) is 24.3 Å². The van der Waals surface area contributed by atoms with Gasteiger partial charge in [0, 0.05) is 12.4 Å². The van der Waals surface area contributed by atoms with Crippen LogP contribution in [0.4, 0.5) is 0 Å². The van der Waals surface area contributed by atoms with Crippen molar-refractivity contribution in [2.75, 3.05) is 0 Å². The van der Waals surface area contributed by atoms with Crippen LogP contribution >= 0.6 is 0 Å². The molecular weight excluding hydrogens is 314 g/mol. The molecule has 0 aliphatic rings. The SMILES string of the molecule is O=C([O-])CC(C(=O)[O-])S(=O)(=O)O.OO[SiH2]O.[Na+].[Na+]. The zero-order valence-electron chi connectivity index (χ0n) is 9.60. The van der Waals surface area contributed by atoms with E-state index in [9.17, 15) is 28.2 Å². The van der Waals surface area contributed by atoms with Gasteiger partial charge in [-0.1, -0.05) is 0 Å². The topological polar surface area (TPSA) is 184 Å². The quantitative estimate of drug-likeness (QED) is 0.190. The Labute approximate surface area is 149 Å². The molecule has 0 heterocycles. The molecule has 0 saturated carbocycles. The van der Waals surface area contributed by atoms with Crippen molar-refractivity contribution >= 4 is 32.1 Å². The summed E-state index contributed by atoms with van der Waals surface area (Å²) >= 11 is 0. The molecule has 10 nitrogen and oxygen atoms in total. The van der Waals surface area contributed by atoms with Crippen molar-refractivity contribution in [2.45, 2.75) is 11.7 Å². The maximum atomic E-state index is 10.2. The van der Waals surface area contributed by atoms with Gasteiger partial charge in [0.25, 0.3) is 10.1 Å². The third kappa shape index (κ3) is 16.9. The number of carboxylic acid groups (broad SMARTS) is 2. The van der Waals surface area contributed by atoms with Crippen molar-refractivity contribution < 1.29 is 107 Å². The van der Waals surface area contributed by atoms with Gasteiger partial charge >= 0.3 is 69.1 Å². The summed E-state index contributed by atoms with van der Waals surface area (Å²) in [6.45, 7) is 0. The summed E-state index contributed by atoms with van der Waals surface area (Å²) in [6, 6.07) is 0. The first-order valence-corrected chi connectivity index (χ1v) is 6.12. The average molecular weight is 322 g/mol. The average Bonchev–Trinajstić information content (AvgIpc) is 2.12. The summed E-state index contributed by atoms with van der Waals surface area (Å²) in [5.74, 6) is -4.08. The molecule has 0 bridgehead atoms. The Morgan fingerprint density at radius 3 is 1.67 bits per heavy atom. The first kappa shape index (κ1) is 27.3. The van der Waals surface area contributed by atoms with E-state index in [2.05, 4.69) is 4.58 Å². The number of hydrogen-bond acceptors (Lipinski definition) is 9. The van der Waals surface area contributed by atoms with E-state index in [1.807, 2.05) is 0 Å². The van der Waals surface area contributed by atoms with Gasteiger partial charge in [-0.15, -0.1) is 0 Å². The van der Waals surface area contributed by atoms with Gasteiger partial charge in [0.05, 0.1) is 5.97 Å². The Morgan fingerprint density at radius 1 is 1.28 bits per heavy atom. The molecule has 0 fully saturated rings. The number of carboxylic acids is 2. The van der Waals surface area contributed by atoms with Crippen molar-refractivity contribution in [2.24, 2.45) is 0 Å². The van der Waals surface area contributed by atoms with Gasteiger partial charge in [0.1, 0.15) is 5.25 Å².